The Morgan fingerprint density at radius 3 is 2.67 bits per heavy atom. The van der Waals surface area contributed by atoms with Crippen LogP contribution in [0.25, 0.3) is 10.7 Å². The molecule has 1 N–H and O–H groups in total. The maximum Gasteiger partial charge on any atom is 0.434 e. The molecule has 0 radical (unpaired) electrons. The topological polar surface area (TPSA) is 37.8 Å². The number of nitrogens with zero attached hydrogens (tertiary/aromatic N) is 2. The average Bonchev–Trinajstić information content (AvgIpc) is 2.75. The molecule has 18 heavy (non-hydrogen) atoms. The summed E-state index contributed by atoms with van der Waals surface area (Å²) in [6, 6.07) is 5.06. The zero-order chi connectivity index (χ0) is 13.2. The molecule has 3 nitrogen and oxygen atoms in total. The number of thiazole rings is 1. The van der Waals surface area contributed by atoms with Crippen LogP contribution in [0.4, 0.5) is 13.2 Å². The lowest BCUT2D eigenvalue weighted by molar-refractivity contribution is -0.141. The highest BCUT2D eigenvalue weighted by molar-refractivity contribution is 7.15. The van der Waals surface area contributed by atoms with Crippen LogP contribution < -0.4 is 5.32 Å². The molecule has 0 aliphatic heterocycles. The summed E-state index contributed by atoms with van der Waals surface area (Å²) in [5.74, 6) is 0. The normalized spacial score (nSPS) is 11.8. The fraction of sp³-hybridized carbons (Fsp3) is 0.273. The van der Waals surface area contributed by atoms with Gasteiger partial charge in [0.2, 0.25) is 0 Å². The summed E-state index contributed by atoms with van der Waals surface area (Å²) < 4.78 is 38.4. The molecule has 96 valence electrons. The second-order valence-electron chi connectivity index (χ2n) is 3.53. The summed E-state index contributed by atoms with van der Waals surface area (Å²) >= 11 is 1.01. The van der Waals surface area contributed by atoms with Gasteiger partial charge >= 0.3 is 6.18 Å². The lowest BCUT2D eigenvalue weighted by atomic mass is 10.3. The van der Waals surface area contributed by atoms with Crippen molar-refractivity contribution in [1.82, 2.24) is 15.3 Å². The molecule has 0 saturated heterocycles. The van der Waals surface area contributed by atoms with Crippen molar-refractivity contribution in [2.45, 2.75) is 12.7 Å². The SMILES string of the molecule is CNCc1sc(-c2ccccn2)nc1C(F)(F)F. The fourth-order valence-electron chi connectivity index (χ4n) is 1.45. The Labute approximate surface area is 106 Å². The standard InChI is InChI=1S/C11H10F3N3S/c1-15-6-8-9(11(12,13)14)17-10(18-8)7-4-2-3-5-16-7/h2-5,15H,6H2,1H3. The minimum atomic E-state index is -4.43. The molecule has 0 aliphatic carbocycles. The molecule has 2 aromatic heterocycles. The van der Waals surface area contributed by atoms with E-state index >= 15 is 0 Å². The van der Waals surface area contributed by atoms with Crippen molar-refractivity contribution in [3.63, 3.8) is 0 Å². The highest BCUT2D eigenvalue weighted by Crippen LogP contribution is 2.37. The Morgan fingerprint density at radius 2 is 2.11 bits per heavy atom. The quantitative estimate of drug-likeness (QED) is 0.934. The molecular weight excluding hydrogens is 263 g/mol. The van der Waals surface area contributed by atoms with Crippen LogP contribution >= 0.6 is 11.3 Å². The zero-order valence-corrected chi connectivity index (χ0v) is 10.3. The third-order valence-corrected chi connectivity index (χ3v) is 3.27. The zero-order valence-electron chi connectivity index (χ0n) is 9.45. The Bertz CT molecular complexity index is 522. The maximum absolute atomic E-state index is 12.8. The van der Waals surface area contributed by atoms with Crippen molar-refractivity contribution in [3.05, 3.63) is 35.0 Å². The molecule has 2 aromatic rings. The monoisotopic (exact) mass is 273 g/mol. The van der Waals surface area contributed by atoms with Gasteiger partial charge in [-0.25, -0.2) is 4.98 Å². The summed E-state index contributed by atoms with van der Waals surface area (Å²) in [5, 5.41) is 3.00. The van der Waals surface area contributed by atoms with Crippen molar-refractivity contribution in [1.29, 1.82) is 0 Å². The molecule has 2 rings (SSSR count). The van der Waals surface area contributed by atoms with Gasteiger partial charge in [-0.15, -0.1) is 11.3 Å². The number of hydrogen-bond donors (Lipinski definition) is 1. The molecule has 0 amide bonds. The van der Waals surface area contributed by atoms with Gasteiger partial charge in [-0.3, -0.25) is 4.98 Å². The molecule has 0 atom stereocenters. The number of pyridine rings is 1. The van der Waals surface area contributed by atoms with Crippen molar-refractivity contribution >= 4 is 11.3 Å². The van der Waals surface area contributed by atoms with Gasteiger partial charge < -0.3 is 5.32 Å². The van der Waals surface area contributed by atoms with Gasteiger partial charge in [0.25, 0.3) is 0 Å². The van der Waals surface area contributed by atoms with Crippen LogP contribution in [0.3, 0.4) is 0 Å². The number of aromatic nitrogens is 2. The third-order valence-electron chi connectivity index (χ3n) is 2.19. The summed E-state index contributed by atoms with van der Waals surface area (Å²) in [5.41, 5.74) is -0.377. The second-order valence-corrected chi connectivity index (χ2v) is 4.62. The lowest BCUT2D eigenvalue weighted by Gasteiger charge is -2.04. The summed E-state index contributed by atoms with van der Waals surface area (Å²) in [6.07, 6.45) is -2.91. The van der Waals surface area contributed by atoms with Crippen LogP contribution in [-0.4, -0.2) is 17.0 Å². The smallest absolute Gasteiger partial charge is 0.315 e. The minimum absolute atomic E-state index is 0.138. The van der Waals surface area contributed by atoms with Crippen molar-refractivity contribution in [2.24, 2.45) is 0 Å². The first-order chi connectivity index (χ1) is 8.52. The van der Waals surface area contributed by atoms with E-state index in [-0.39, 0.29) is 16.4 Å². The predicted octanol–water partition coefficient (Wildman–Crippen LogP) is 2.94. The molecule has 0 unspecified atom stereocenters. The van der Waals surface area contributed by atoms with Crippen molar-refractivity contribution in [3.8, 4) is 10.7 Å². The number of rotatable bonds is 3. The van der Waals surface area contributed by atoms with Gasteiger partial charge in [-0.05, 0) is 19.2 Å². The molecular formula is C11H10F3N3S. The van der Waals surface area contributed by atoms with Crippen LogP contribution in [0.1, 0.15) is 10.6 Å². The average molecular weight is 273 g/mol. The van der Waals surface area contributed by atoms with Crippen LogP contribution in [-0.2, 0) is 12.7 Å². The van der Waals surface area contributed by atoms with Gasteiger partial charge in [-0.1, -0.05) is 6.07 Å². The molecule has 0 fully saturated rings. The van der Waals surface area contributed by atoms with E-state index in [0.717, 1.165) is 11.3 Å². The van der Waals surface area contributed by atoms with Crippen molar-refractivity contribution in [2.75, 3.05) is 7.05 Å². The third kappa shape index (κ3) is 2.68. The molecule has 0 aromatic carbocycles. The molecule has 0 aliphatic rings. The van der Waals surface area contributed by atoms with Gasteiger partial charge in [-0.2, -0.15) is 13.2 Å². The molecule has 0 spiro atoms. The van der Waals surface area contributed by atoms with E-state index in [0.29, 0.717) is 5.69 Å². The van der Waals surface area contributed by atoms with E-state index < -0.39 is 11.9 Å². The maximum atomic E-state index is 12.8. The summed E-state index contributed by atoms with van der Waals surface area (Å²) in [7, 11) is 1.60. The molecule has 0 saturated carbocycles. The number of nitrogens with one attached hydrogen (secondary N) is 1. The van der Waals surface area contributed by atoms with Crippen LogP contribution in [0.2, 0.25) is 0 Å². The lowest BCUT2D eigenvalue weighted by Crippen LogP contribution is -2.12. The molecule has 0 bridgehead atoms. The Morgan fingerprint density at radius 1 is 1.33 bits per heavy atom. The van der Waals surface area contributed by atoms with E-state index in [1.54, 1.807) is 25.2 Å². The highest BCUT2D eigenvalue weighted by Gasteiger charge is 2.37. The first-order valence-electron chi connectivity index (χ1n) is 5.15. The van der Waals surface area contributed by atoms with E-state index in [2.05, 4.69) is 15.3 Å². The fourth-order valence-corrected chi connectivity index (χ4v) is 2.52. The second kappa shape index (κ2) is 5.03. The minimum Gasteiger partial charge on any atom is -0.315 e. The first-order valence-corrected chi connectivity index (χ1v) is 5.97. The molecule has 2 heterocycles. The van der Waals surface area contributed by atoms with Gasteiger partial charge in [0.1, 0.15) is 5.01 Å². The van der Waals surface area contributed by atoms with E-state index in [1.165, 1.54) is 6.20 Å². The van der Waals surface area contributed by atoms with Gasteiger partial charge in [0.05, 0.1) is 10.6 Å². The Kier molecular flexibility index (Phi) is 3.63. The number of alkyl halides is 3. The van der Waals surface area contributed by atoms with Gasteiger partial charge in [0, 0.05) is 12.7 Å². The predicted molar refractivity (Wildman–Crippen MR) is 63.1 cm³/mol. The largest absolute Gasteiger partial charge is 0.434 e. The van der Waals surface area contributed by atoms with Crippen LogP contribution in [0.15, 0.2) is 24.4 Å². The first kappa shape index (κ1) is 13.0. The van der Waals surface area contributed by atoms with E-state index in [1.807, 2.05) is 0 Å². The summed E-state index contributed by atoms with van der Waals surface area (Å²) in [4.78, 5) is 7.84. The Balaban J connectivity index is 2.46. The number of hydrogen-bond acceptors (Lipinski definition) is 4. The van der Waals surface area contributed by atoms with Gasteiger partial charge in [0.15, 0.2) is 5.69 Å². The van der Waals surface area contributed by atoms with Crippen LogP contribution in [0, 0.1) is 0 Å². The van der Waals surface area contributed by atoms with E-state index in [9.17, 15) is 13.2 Å². The number of halogens is 3. The van der Waals surface area contributed by atoms with Crippen molar-refractivity contribution < 1.29 is 13.2 Å². The van der Waals surface area contributed by atoms with E-state index in [4.69, 9.17) is 0 Å². The summed E-state index contributed by atoms with van der Waals surface area (Å²) in [6.45, 7) is 0.138. The van der Waals surface area contributed by atoms with Crippen LogP contribution in [0.5, 0.6) is 0 Å². The Hall–Kier alpha value is -1.47. The highest BCUT2D eigenvalue weighted by atomic mass is 32.1. The molecule has 7 heteroatoms.